The fourth-order valence-corrected chi connectivity index (χ4v) is 5.74. The lowest BCUT2D eigenvalue weighted by atomic mass is 9.89. The smallest absolute Gasteiger partial charge is 0.324 e. The van der Waals surface area contributed by atoms with E-state index in [0.717, 1.165) is 29.5 Å². The third-order valence-corrected chi connectivity index (χ3v) is 7.40. The molecule has 0 radical (unpaired) electrons. The molecule has 156 valence electrons. The zero-order valence-corrected chi connectivity index (χ0v) is 18.9. The Morgan fingerprint density at radius 2 is 1.68 bits per heavy atom. The number of esters is 1. The van der Waals surface area contributed by atoms with Crippen LogP contribution in [0.4, 0.5) is 9.93 Å². The first-order chi connectivity index (χ1) is 13.6. The van der Waals surface area contributed by atoms with Crippen molar-refractivity contribution in [3.05, 3.63) is 9.48 Å². The van der Waals surface area contributed by atoms with E-state index >= 15 is 0 Å². The van der Waals surface area contributed by atoms with Crippen LogP contribution in [0.15, 0.2) is 3.79 Å². The van der Waals surface area contributed by atoms with Gasteiger partial charge < -0.3 is 9.64 Å². The van der Waals surface area contributed by atoms with Crippen molar-refractivity contribution in [3.8, 4) is 0 Å². The fourth-order valence-electron chi connectivity index (χ4n) is 4.35. The van der Waals surface area contributed by atoms with Crippen molar-refractivity contribution in [1.82, 2.24) is 9.88 Å². The van der Waals surface area contributed by atoms with Crippen molar-refractivity contribution in [2.45, 2.75) is 89.6 Å². The first-order valence-corrected chi connectivity index (χ1v) is 12.1. The standard InChI is InChI=1S/C20H30BrN3O3S/c1-2-27-17(25)13-16-18(21)28-19(22-16)23-20(26)24(14-9-5-3-6-10-14)15-11-7-4-8-12-15/h14-15H,2-13H2,1H3,(H,22,23,26). The highest BCUT2D eigenvalue weighted by atomic mass is 79.9. The summed E-state index contributed by atoms with van der Waals surface area (Å²) < 4.78 is 5.76. The molecule has 1 aromatic rings. The number of hydrogen-bond acceptors (Lipinski definition) is 5. The van der Waals surface area contributed by atoms with Crippen LogP contribution < -0.4 is 5.32 Å². The van der Waals surface area contributed by atoms with E-state index in [4.69, 9.17) is 4.74 Å². The monoisotopic (exact) mass is 471 g/mol. The average Bonchev–Trinajstić information content (AvgIpc) is 3.02. The van der Waals surface area contributed by atoms with Crippen LogP contribution in [0.1, 0.15) is 76.8 Å². The van der Waals surface area contributed by atoms with Gasteiger partial charge in [-0.05, 0) is 48.5 Å². The van der Waals surface area contributed by atoms with E-state index in [1.165, 1.54) is 49.9 Å². The second-order valence-corrected chi connectivity index (χ2v) is 9.96. The highest BCUT2D eigenvalue weighted by Gasteiger charge is 2.33. The van der Waals surface area contributed by atoms with Crippen molar-refractivity contribution in [3.63, 3.8) is 0 Å². The first-order valence-electron chi connectivity index (χ1n) is 10.5. The predicted octanol–water partition coefficient (Wildman–Crippen LogP) is 5.51. The molecule has 0 bridgehead atoms. The van der Waals surface area contributed by atoms with E-state index in [1.807, 2.05) is 0 Å². The van der Waals surface area contributed by atoms with Crippen molar-refractivity contribution in [2.24, 2.45) is 0 Å². The normalized spacial score (nSPS) is 18.6. The molecule has 0 atom stereocenters. The fraction of sp³-hybridized carbons (Fsp3) is 0.750. The van der Waals surface area contributed by atoms with Gasteiger partial charge >= 0.3 is 12.0 Å². The van der Waals surface area contributed by atoms with Crippen molar-refractivity contribution < 1.29 is 14.3 Å². The Hall–Kier alpha value is -1.15. The second kappa shape index (κ2) is 10.6. The number of halogens is 1. The number of hydrogen-bond donors (Lipinski definition) is 1. The summed E-state index contributed by atoms with van der Waals surface area (Å²) in [5.41, 5.74) is 0.612. The van der Waals surface area contributed by atoms with Gasteiger partial charge in [0.25, 0.3) is 0 Å². The summed E-state index contributed by atoms with van der Waals surface area (Å²) in [7, 11) is 0. The minimum Gasteiger partial charge on any atom is -0.466 e. The quantitative estimate of drug-likeness (QED) is 0.555. The molecule has 2 amide bonds. The Kier molecular flexibility index (Phi) is 8.14. The topological polar surface area (TPSA) is 71.5 Å². The van der Waals surface area contributed by atoms with Crippen LogP contribution in [0.25, 0.3) is 0 Å². The summed E-state index contributed by atoms with van der Waals surface area (Å²) in [6.45, 7) is 2.13. The van der Waals surface area contributed by atoms with Crippen LogP contribution in [0.3, 0.4) is 0 Å². The Bertz CT molecular complexity index is 652. The van der Waals surface area contributed by atoms with Gasteiger partial charge in [0.1, 0.15) is 0 Å². The summed E-state index contributed by atoms with van der Waals surface area (Å²) in [4.78, 5) is 31.6. The highest BCUT2D eigenvalue weighted by molar-refractivity contribution is 9.11. The summed E-state index contributed by atoms with van der Waals surface area (Å²) in [6, 6.07) is 0.626. The molecule has 2 fully saturated rings. The molecule has 0 unspecified atom stereocenters. The molecule has 2 saturated carbocycles. The number of carbonyl (C=O) groups is 2. The average molecular weight is 472 g/mol. The summed E-state index contributed by atoms with van der Waals surface area (Å²) in [5.74, 6) is -0.308. The summed E-state index contributed by atoms with van der Waals surface area (Å²) >= 11 is 4.81. The van der Waals surface area contributed by atoms with Gasteiger partial charge in [-0.15, -0.1) is 0 Å². The van der Waals surface area contributed by atoms with E-state index in [-0.39, 0.29) is 18.4 Å². The molecular formula is C20H30BrN3O3S. The molecule has 28 heavy (non-hydrogen) atoms. The van der Waals surface area contributed by atoms with Gasteiger partial charge in [-0.3, -0.25) is 10.1 Å². The van der Waals surface area contributed by atoms with Crippen molar-refractivity contribution in [1.29, 1.82) is 0 Å². The molecular weight excluding hydrogens is 442 g/mol. The van der Waals surface area contributed by atoms with Crippen LogP contribution in [-0.4, -0.2) is 40.6 Å². The molecule has 2 aliphatic carbocycles. The number of urea groups is 1. The van der Waals surface area contributed by atoms with Gasteiger partial charge in [0.2, 0.25) is 0 Å². The number of carbonyl (C=O) groups excluding carboxylic acids is 2. The van der Waals surface area contributed by atoms with Crippen LogP contribution in [-0.2, 0) is 16.0 Å². The predicted molar refractivity (Wildman–Crippen MR) is 115 cm³/mol. The van der Waals surface area contributed by atoms with Crippen LogP contribution in [0.5, 0.6) is 0 Å². The van der Waals surface area contributed by atoms with Gasteiger partial charge in [-0.25, -0.2) is 9.78 Å². The largest absolute Gasteiger partial charge is 0.466 e. The Morgan fingerprint density at radius 3 is 2.21 bits per heavy atom. The number of nitrogens with one attached hydrogen (secondary N) is 1. The van der Waals surface area contributed by atoms with E-state index in [9.17, 15) is 9.59 Å². The van der Waals surface area contributed by atoms with Crippen molar-refractivity contribution in [2.75, 3.05) is 11.9 Å². The molecule has 0 aromatic carbocycles. The minimum atomic E-state index is -0.308. The van der Waals surface area contributed by atoms with Gasteiger partial charge in [0, 0.05) is 12.1 Å². The summed E-state index contributed by atoms with van der Waals surface area (Å²) in [6.07, 6.45) is 11.8. The lowest BCUT2D eigenvalue weighted by Gasteiger charge is -2.41. The number of aromatic nitrogens is 1. The van der Waals surface area contributed by atoms with Gasteiger partial charge in [-0.1, -0.05) is 49.9 Å². The lowest BCUT2D eigenvalue weighted by Crippen LogP contribution is -2.50. The summed E-state index contributed by atoms with van der Waals surface area (Å²) in [5, 5.41) is 3.55. The van der Waals surface area contributed by atoms with Gasteiger partial charge in [-0.2, -0.15) is 0 Å². The van der Waals surface area contributed by atoms with Crippen LogP contribution >= 0.6 is 27.3 Å². The maximum absolute atomic E-state index is 13.2. The third kappa shape index (κ3) is 5.69. The van der Waals surface area contributed by atoms with Crippen molar-refractivity contribution >= 4 is 44.4 Å². The lowest BCUT2D eigenvalue weighted by molar-refractivity contribution is -0.142. The van der Waals surface area contributed by atoms with Crippen LogP contribution in [0.2, 0.25) is 0 Å². The molecule has 1 heterocycles. The van der Waals surface area contributed by atoms with Gasteiger partial charge in [0.15, 0.2) is 5.13 Å². The Morgan fingerprint density at radius 1 is 1.11 bits per heavy atom. The number of anilines is 1. The number of thiazole rings is 1. The van der Waals surface area contributed by atoms with Gasteiger partial charge in [0.05, 0.1) is 22.5 Å². The molecule has 0 aliphatic heterocycles. The maximum atomic E-state index is 13.2. The Labute approximate surface area is 179 Å². The Balaban J connectivity index is 1.69. The molecule has 0 saturated heterocycles. The molecule has 6 nitrogen and oxygen atoms in total. The number of rotatable bonds is 6. The highest BCUT2D eigenvalue weighted by Crippen LogP contribution is 2.33. The van der Waals surface area contributed by atoms with E-state index in [0.29, 0.717) is 29.5 Å². The zero-order valence-electron chi connectivity index (χ0n) is 16.5. The number of amides is 2. The number of ether oxygens (including phenoxy) is 1. The van der Waals surface area contributed by atoms with Crippen LogP contribution in [0, 0.1) is 0 Å². The SMILES string of the molecule is CCOC(=O)Cc1nc(NC(=O)N(C2CCCCC2)C2CCCCC2)sc1Br. The second-order valence-electron chi connectivity index (χ2n) is 7.64. The molecule has 3 rings (SSSR count). The van der Waals surface area contributed by atoms with E-state index < -0.39 is 0 Å². The third-order valence-electron chi connectivity index (χ3n) is 5.65. The molecule has 0 spiro atoms. The molecule has 8 heteroatoms. The first kappa shape index (κ1) is 21.6. The number of nitrogens with zero attached hydrogens (tertiary/aromatic N) is 2. The van der Waals surface area contributed by atoms with E-state index in [2.05, 4.69) is 31.1 Å². The molecule has 1 N–H and O–H groups in total. The minimum absolute atomic E-state index is 0.0391. The molecule has 2 aliphatic rings. The van der Waals surface area contributed by atoms with E-state index in [1.54, 1.807) is 6.92 Å². The molecule has 1 aromatic heterocycles. The maximum Gasteiger partial charge on any atom is 0.324 e. The zero-order chi connectivity index (χ0) is 19.9.